The lowest BCUT2D eigenvalue weighted by molar-refractivity contribution is -0.254. The number of para-hydroxylation sites is 1. The van der Waals surface area contributed by atoms with Gasteiger partial charge in [0.2, 0.25) is 0 Å². The first-order chi connectivity index (χ1) is 9.75. The number of aromatic carboxylic acids is 1. The predicted octanol–water partition coefficient (Wildman–Crippen LogP) is 1.74. The van der Waals surface area contributed by atoms with Crippen LogP contribution in [0.3, 0.4) is 0 Å². The summed E-state index contributed by atoms with van der Waals surface area (Å²) in [6, 6.07) is 14.3. The fraction of sp³-hybridized carbons (Fsp3) is 0. The van der Waals surface area contributed by atoms with Crippen molar-refractivity contribution >= 4 is 28.4 Å². The van der Waals surface area contributed by atoms with Gasteiger partial charge >= 0.3 is 0 Å². The molecule has 0 radical (unpaired) electrons. The standard InChI is InChI=1S/C15H11N3O2/c19-15(20)11-7-4-8-12-13(11)14(17-9-16-12)18-10-5-2-1-3-6-10/h1-9H,(H,19,20)(H,16,17,18)/p-1. The summed E-state index contributed by atoms with van der Waals surface area (Å²) in [7, 11) is 0. The summed E-state index contributed by atoms with van der Waals surface area (Å²) in [5, 5.41) is 14.8. The summed E-state index contributed by atoms with van der Waals surface area (Å²) in [6.45, 7) is 0. The molecule has 3 aromatic rings. The van der Waals surface area contributed by atoms with Gasteiger partial charge in [0.25, 0.3) is 0 Å². The molecule has 0 aliphatic rings. The molecule has 0 atom stereocenters. The minimum atomic E-state index is -1.25. The van der Waals surface area contributed by atoms with Gasteiger partial charge in [-0.05, 0) is 18.2 Å². The average Bonchev–Trinajstić information content (AvgIpc) is 2.48. The van der Waals surface area contributed by atoms with Gasteiger partial charge in [-0.25, -0.2) is 9.97 Å². The molecule has 20 heavy (non-hydrogen) atoms. The van der Waals surface area contributed by atoms with Crippen LogP contribution in [0.1, 0.15) is 10.4 Å². The van der Waals surface area contributed by atoms with Crippen molar-refractivity contribution in [3.8, 4) is 0 Å². The van der Waals surface area contributed by atoms with E-state index in [2.05, 4.69) is 15.3 Å². The normalized spacial score (nSPS) is 10.4. The van der Waals surface area contributed by atoms with Gasteiger partial charge in [0, 0.05) is 11.3 Å². The number of hydrogen-bond donors (Lipinski definition) is 1. The number of rotatable bonds is 3. The lowest BCUT2D eigenvalue weighted by Crippen LogP contribution is -2.22. The molecule has 0 unspecified atom stereocenters. The number of carbonyl (C=O) groups is 1. The van der Waals surface area contributed by atoms with E-state index in [0.29, 0.717) is 16.7 Å². The molecule has 3 rings (SSSR count). The Bertz CT molecular complexity index is 767. The lowest BCUT2D eigenvalue weighted by Gasteiger charge is -2.12. The van der Waals surface area contributed by atoms with E-state index >= 15 is 0 Å². The maximum absolute atomic E-state index is 11.2. The third-order valence-electron chi connectivity index (χ3n) is 2.92. The van der Waals surface area contributed by atoms with Gasteiger partial charge in [-0.3, -0.25) is 0 Å². The molecule has 0 saturated heterocycles. The van der Waals surface area contributed by atoms with Crippen molar-refractivity contribution in [3.05, 3.63) is 60.4 Å². The van der Waals surface area contributed by atoms with Crippen LogP contribution in [0.4, 0.5) is 11.5 Å². The molecule has 98 valence electrons. The van der Waals surface area contributed by atoms with E-state index in [1.807, 2.05) is 30.3 Å². The quantitative estimate of drug-likeness (QED) is 0.779. The third kappa shape index (κ3) is 2.16. The summed E-state index contributed by atoms with van der Waals surface area (Å²) in [6.07, 6.45) is 1.40. The Hall–Kier alpha value is -2.95. The van der Waals surface area contributed by atoms with E-state index in [-0.39, 0.29) is 5.56 Å². The molecule has 0 bridgehead atoms. The van der Waals surface area contributed by atoms with E-state index < -0.39 is 5.97 Å². The highest BCUT2D eigenvalue weighted by atomic mass is 16.4. The van der Waals surface area contributed by atoms with Crippen LogP contribution in [-0.2, 0) is 0 Å². The van der Waals surface area contributed by atoms with E-state index in [9.17, 15) is 9.90 Å². The second-order valence-corrected chi connectivity index (χ2v) is 4.20. The molecule has 2 aromatic carbocycles. The Kier molecular flexibility index (Phi) is 3.01. The van der Waals surface area contributed by atoms with Crippen LogP contribution >= 0.6 is 0 Å². The molecule has 0 fully saturated rings. The zero-order valence-corrected chi connectivity index (χ0v) is 10.4. The van der Waals surface area contributed by atoms with Crippen LogP contribution in [0.25, 0.3) is 10.9 Å². The molecule has 0 spiro atoms. The van der Waals surface area contributed by atoms with Gasteiger partial charge in [0.1, 0.15) is 12.1 Å². The highest BCUT2D eigenvalue weighted by Crippen LogP contribution is 2.25. The molecule has 5 nitrogen and oxygen atoms in total. The summed E-state index contributed by atoms with van der Waals surface area (Å²) < 4.78 is 0. The summed E-state index contributed by atoms with van der Waals surface area (Å²) >= 11 is 0. The largest absolute Gasteiger partial charge is 0.545 e. The van der Waals surface area contributed by atoms with Crippen molar-refractivity contribution in [1.29, 1.82) is 0 Å². The maximum Gasteiger partial charge on any atom is 0.142 e. The van der Waals surface area contributed by atoms with Crippen LogP contribution in [0.5, 0.6) is 0 Å². The zero-order chi connectivity index (χ0) is 13.9. The van der Waals surface area contributed by atoms with Crippen LogP contribution in [0.2, 0.25) is 0 Å². The predicted molar refractivity (Wildman–Crippen MR) is 73.6 cm³/mol. The van der Waals surface area contributed by atoms with Crippen LogP contribution in [0, 0.1) is 0 Å². The van der Waals surface area contributed by atoms with E-state index in [0.717, 1.165) is 5.69 Å². The SMILES string of the molecule is O=C([O-])c1cccc2ncnc(Nc3ccccc3)c12. The second kappa shape index (κ2) is 4.97. The average molecular weight is 264 g/mol. The maximum atomic E-state index is 11.2. The molecule has 1 heterocycles. The van der Waals surface area contributed by atoms with Gasteiger partial charge in [-0.2, -0.15) is 0 Å². The van der Waals surface area contributed by atoms with Crippen LogP contribution in [-0.4, -0.2) is 15.9 Å². The van der Waals surface area contributed by atoms with Crippen molar-refractivity contribution in [3.63, 3.8) is 0 Å². The molecular weight excluding hydrogens is 254 g/mol. The van der Waals surface area contributed by atoms with E-state index in [1.165, 1.54) is 12.4 Å². The Morgan fingerprint density at radius 1 is 1.00 bits per heavy atom. The van der Waals surface area contributed by atoms with Crippen molar-refractivity contribution < 1.29 is 9.90 Å². The second-order valence-electron chi connectivity index (χ2n) is 4.20. The number of anilines is 2. The summed E-state index contributed by atoms with van der Waals surface area (Å²) in [5.41, 5.74) is 1.45. The Labute approximate surface area is 114 Å². The highest BCUT2D eigenvalue weighted by molar-refractivity contribution is 6.06. The molecule has 0 aliphatic heterocycles. The van der Waals surface area contributed by atoms with Crippen molar-refractivity contribution in [2.24, 2.45) is 0 Å². The number of aromatic nitrogens is 2. The van der Waals surface area contributed by atoms with Gasteiger partial charge < -0.3 is 15.2 Å². The molecule has 0 aliphatic carbocycles. The lowest BCUT2D eigenvalue weighted by atomic mass is 10.1. The minimum absolute atomic E-state index is 0.0709. The number of carboxylic acid groups (broad SMARTS) is 1. The van der Waals surface area contributed by atoms with Crippen molar-refractivity contribution in [2.75, 3.05) is 5.32 Å². The Morgan fingerprint density at radius 2 is 1.80 bits per heavy atom. The Morgan fingerprint density at radius 3 is 2.55 bits per heavy atom. The van der Waals surface area contributed by atoms with Crippen molar-refractivity contribution in [2.45, 2.75) is 0 Å². The zero-order valence-electron chi connectivity index (χ0n) is 10.4. The number of benzene rings is 2. The van der Waals surface area contributed by atoms with Gasteiger partial charge in [0.05, 0.1) is 16.9 Å². The summed E-state index contributed by atoms with van der Waals surface area (Å²) in [4.78, 5) is 19.4. The number of hydrogen-bond acceptors (Lipinski definition) is 5. The van der Waals surface area contributed by atoms with Crippen LogP contribution in [0.15, 0.2) is 54.9 Å². The number of carboxylic acids is 1. The monoisotopic (exact) mass is 264 g/mol. The van der Waals surface area contributed by atoms with E-state index in [4.69, 9.17) is 0 Å². The minimum Gasteiger partial charge on any atom is -0.545 e. The third-order valence-corrected chi connectivity index (χ3v) is 2.92. The number of fused-ring (bicyclic) bond motifs is 1. The van der Waals surface area contributed by atoms with Gasteiger partial charge in [-0.15, -0.1) is 0 Å². The first-order valence-corrected chi connectivity index (χ1v) is 6.03. The first kappa shape index (κ1) is 12.1. The summed E-state index contributed by atoms with van der Waals surface area (Å²) in [5.74, 6) is -0.803. The fourth-order valence-corrected chi connectivity index (χ4v) is 2.03. The molecule has 1 N–H and O–H groups in total. The van der Waals surface area contributed by atoms with Crippen molar-refractivity contribution in [1.82, 2.24) is 9.97 Å². The smallest absolute Gasteiger partial charge is 0.142 e. The fourth-order valence-electron chi connectivity index (χ4n) is 2.03. The molecular formula is C15H10N3O2-. The Balaban J connectivity index is 2.18. The van der Waals surface area contributed by atoms with Gasteiger partial charge in [-0.1, -0.05) is 30.3 Å². The first-order valence-electron chi connectivity index (χ1n) is 6.03. The molecule has 5 heteroatoms. The van der Waals surface area contributed by atoms with E-state index in [1.54, 1.807) is 12.1 Å². The number of carbonyl (C=O) groups excluding carboxylic acids is 1. The topological polar surface area (TPSA) is 77.9 Å². The van der Waals surface area contributed by atoms with Crippen LogP contribution < -0.4 is 10.4 Å². The van der Waals surface area contributed by atoms with Gasteiger partial charge in [0.15, 0.2) is 0 Å². The highest BCUT2D eigenvalue weighted by Gasteiger charge is 2.09. The molecule has 0 amide bonds. The molecule has 0 saturated carbocycles. The number of nitrogens with one attached hydrogen (secondary N) is 1. The molecule has 1 aromatic heterocycles. The number of nitrogens with zero attached hydrogens (tertiary/aromatic N) is 2.